The van der Waals surface area contributed by atoms with Crippen LogP contribution < -0.4 is 10.1 Å². The maximum atomic E-state index is 12.0. The van der Waals surface area contributed by atoms with Crippen LogP contribution in [0.1, 0.15) is 18.9 Å². The Morgan fingerprint density at radius 3 is 3.11 bits per heavy atom. The molecule has 0 radical (unpaired) electrons. The molecule has 0 aromatic heterocycles. The van der Waals surface area contributed by atoms with Crippen LogP contribution in [0, 0.1) is 5.92 Å². The Labute approximate surface area is 116 Å². The highest BCUT2D eigenvalue weighted by molar-refractivity contribution is 9.09. The van der Waals surface area contributed by atoms with Crippen molar-refractivity contribution < 1.29 is 9.53 Å². The van der Waals surface area contributed by atoms with Gasteiger partial charge in [-0.1, -0.05) is 41.1 Å². The zero-order chi connectivity index (χ0) is 13.0. The van der Waals surface area contributed by atoms with E-state index in [9.17, 15) is 4.79 Å². The van der Waals surface area contributed by atoms with Crippen molar-refractivity contribution >= 4 is 21.8 Å². The molecule has 0 aliphatic carbocycles. The molecule has 2 unspecified atom stereocenters. The first-order valence-corrected chi connectivity index (χ1v) is 7.24. The summed E-state index contributed by atoms with van der Waals surface area (Å²) in [6, 6.07) is 7.91. The molecule has 0 saturated heterocycles. The van der Waals surface area contributed by atoms with E-state index in [0.717, 1.165) is 24.2 Å². The molecule has 0 fully saturated rings. The molecule has 18 heavy (non-hydrogen) atoms. The molecule has 1 heterocycles. The third kappa shape index (κ3) is 3.25. The highest BCUT2D eigenvalue weighted by Crippen LogP contribution is 2.26. The average Bonchev–Trinajstić information content (AvgIpc) is 2.43. The summed E-state index contributed by atoms with van der Waals surface area (Å²) in [6.07, 6.45) is 1.77. The molecule has 2 atom stereocenters. The van der Waals surface area contributed by atoms with E-state index in [1.807, 2.05) is 24.3 Å². The van der Waals surface area contributed by atoms with E-state index in [0.29, 0.717) is 18.0 Å². The highest BCUT2D eigenvalue weighted by Gasteiger charge is 2.25. The zero-order valence-corrected chi connectivity index (χ0v) is 12.1. The van der Waals surface area contributed by atoms with Gasteiger partial charge in [-0.3, -0.25) is 4.79 Å². The normalized spacial score (nSPS) is 19.6. The summed E-state index contributed by atoms with van der Waals surface area (Å²) in [5.41, 5.74) is 1.12. The Bertz CT molecular complexity index is 422. The Morgan fingerprint density at radius 1 is 1.56 bits per heavy atom. The maximum absolute atomic E-state index is 12.0. The summed E-state index contributed by atoms with van der Waals surface area (Å²) in [7, 11) is 0. The van der Waals surface area contributed by atoms with E-state index in [4.69, 9.17) is 4.74 Å². The summed E-state index contributed by atoms with van der Waals surface area (Å²) in [5.74, 6) is 0.923. The molecule has 0 saturated carbocycles. The predicted octanol–water partition coefficient (Wildman–Crippen LogP) is 2.53. The lowest BCUT2D eigenvalue weighted by Gasteiger charge is -2.24. The summed E-state index contributed by atoms with van der Waals surface area (Å²) in [6.45, 7) is 3.24. The van der Waals surface area contributed by atoms with Crippen molar-refractivity contribution in [3.8, 4) is 5.75 Å². The zero-order valence-electron chi connectivity index (χ0n) is 10.5. The van der Waals surface area contributed by atoms with Gasteiger partial charge in [0.05, 0.1) is 5.92 Å². The topological polar surface area (TPSA) is 38.3 Å². The number of ether oxygens (including phenoxy) is 1. The minimum atomic E-state index is -0.0727. The second kappa shape index (κ2) is 6.23. The fraction of sp³-hybridized carbons (Fsp3) is 0.500. The van der Waals surface area contributed by atoms with E-state index in [1.54, 1.807) is 0 Å². The number of carbonyl (C=O) groups excluding carboxylic acids is 1. The fourth-order valence-corrected chi connectivity index (χ4v) is 2.16. The molecule has 0 bridgehead atoms. The Kier molecular flexibility index (Phi) is 4.64. The first kappa shape index (κ1) is 13.4. The van der Waals surface area contributed by atoms with Crippen LogP contribution in [0.25, 0.3) is 0 Å². The van der Waals surface area contributed by atoms with E-state index in [1.165, 1.54) is 0 Å². The molecular formula is C14H18BrNO2. The first-order chi connectivity index (χ1) is 8.70. The number of hydrogen-bond donors (Lipinski definition) is 1. The van der Waals surface area contributed by atoms with Crippen LogP contribution in [-0.4, -0.2) is 23.9 Å². The number of halogens is 1. The Morgan fingerprint density at radius 2 is 2.33 bits per heavy atom. The van der Waals surface area contributed by atoms with Gasteiger partial charge in [-0.2, -0.15) is 0 Å². The van der Waals surface area contributed by atoms with Crippen LogP contribution in [0.15, 0.2) is 24.3 Å². The summed E-state index contributed by atoms with van der Waals surface area (Å²) in [4.78, 5) is 12.4. The number of benzene rings is 1. The van der Waals surface area contributed by atoms with Crippen LogP contribution in [0.3, 0.4) is 0 Å². The summed E-state index contributed by atoms with van der Waals surface area (Å²) < 4.78 is 5.62. The van der Waals surface area contributed by atoms with Gasteiger partial charge in [-0.15, -0.1) is 0 Å². The number of hydrogen-bond acceptors (Lipinski definition) is 2. The van der Waals surface area contributed by atoms with Gasteiger partial charge >= 0.3 is 0 Å². The highest BCUT2D eigenvalue weighted by atomic mass is 79.9. The van der Waals surface area contributed by atoms with Crippen molar-refractivity contribution in [2.75, 3.05) is 13.2 Å². The third-order valence-corrected chi connectivity index (χ3v) is 4.16. The number of para-hydroxylation sites is 1. The van der Waals surface area contributed by atoms with E-state index < -0.39 is 0 Å². The van der Waals surface area contributed by atoms with Crippen molar-refractivity contribution in [1.82, 2.24) is 5.32 Å². The van der Waals surface area contributed by atoms with Crippen LogP contribution in [0.4, 0.5) is 0 Å². The van der Waals surface area contributed by atoms with Gasteiger partial charge in [0.2, 0.25) is 5.91 Å². The van der Waals surface area contributed by atoms with Crippen LogP contribution in [0.5, 0.6) is 5.75 Å². The largest absolute Gasteiger partial charge is 0.492 e. The van der Waals surface area contributed by atoms with Crippen molar-refractivity contribution in [2.24, 2.45) is 5.92 Å². The monoisotopic (exact) mass is 311 g/mol. The molecule has 1 aliphatic heterocycles. The lowest BCUT2D eigenvalue weighted by Crippen LogP contribution is -2.39. The molecule has 98 valence electrons. The van der Waals surface area contributed by atoms with E-state index in [-0.39, 0.29) is 11.8 Å². The third-order valence-electron chi connectivity index (χ3n) is 3.19. The number of rotatable bonds is 4. The molecule has 1 aromatic rings. The van der Waals surface area contributed by atoms with Crippen LogP contribution >= 0.6 is 15.9 Å². The second-order valence-electron chi connectivity index (χ2n) is 4.57. The molecular weight excluding hydrogens is 294 g/mol. The lowest BCUT2D eigenvalue weighted by molar-refractivity contribution is -0.126. The van der Waals surface area contributed by atoms with Gasteiger partial charge in [-0.25, -0.2) is 0 Å². The van der Waals surface area contributed by atoms with Gasteiger partial charge in [0.25, 0.3) is 0 Å². The Balaban J connectivity index is 1.90. The molecule has 1 aliphatic rings. The number of nitrogens with one attached hydrogen (secondary N) is 1. The number of amides is 1. The SMILES string of the molecule is CCC(Br)CNC(=O)C1COc2ccccc2C1. The van der Waals surface area contributed by atoms with Crippen LogP contribution in [-0.2, 0) is 11.2 Å². The van der Waals surface area contributed by atoms with Gasteiger partial charge in [0.1, 0.15) is 12.4 Å². The van der Waals surface area contributed by atoms with Crippen molar-refractivity contribution in [1.29, 1.82) is 0 Å². The second-order valence-corrected chi connectivity index (χ2v) is 5.87. The maximum Gasteiger partial charge on any atom is 0.226 e. The fourth-order valence-electron chi connectivity index (χ4n) is 2.00. The van der Waals surface area contributed by atoms with Gasteiger partial charge in [0.15, 0.2) is 0 Å². The smallest absolute Gasteiger partial charge is 0.226 e. The standard InChI is InChI=1S/C14H18BrNO2/c1-2-12(15)8-16-14(17)11-7-10-5-3-4-6-13(10)18-9-11/h3-6,11-12H,2,7-9H2,1H3,(H,16,17). The molecule has 3 nitrogen and oxygen atoms in total. The molecule has 1 amide bonds. The van der Waals surface area contributed by atoms with Crippen molar-refractivity contribution in [3.05, 3.63) is 29.8 Å². The van der Waals surface area contributed by atoms with Gasteiger partial charge < -0.3 is 10.1 Å². The lowest BCUT2D eigenvalue weighted by atomic mass is 9.96. The number of fused-ring (bicyclic) bond motifs is 1. The number of carbonyl (C=O) groups is 1. The minimum Gasteiger partial charge on any atom is -0.492 e. The van der Waals surface area contributed by atoms with Crippen LogP contribution in [0.2, 0.25) is 0 Å². The van der Waals surface area contributed by atoms with Gasteiger partial charge in [-0.05, 0) is 24.5 Å². The van der Waals surface area contributed by atoms with Crippen molar-refractivity contribution in [3.63, 3.8) is 0 Å². The molecule has 1 aromatic carbocycles. The first-order valence-electron chi connectivity index (χ1n) is 6.33. The van der Waals surface area contributed by atoms with E-state index >= 15 is 0 Å². The summed E-state index contributed by atoms with van der Waals surface area (Å²) >= 11 is 3.51. The Hall–Kier alpha value is -1.03. The minimum absolute atomic E-state index is 0.0727. The van der Waals surface area contributed by atoms with Crippen molar-refractivity contribution in [2.45, 2.75) is 24.6 Å². The average molecular weight is 312 g/mol. The summed E-state index contributed by atoms with van der Waals surface area (Å²) in [5, 5.41) is 2.97. The number of alkyl halides is 1. The van der Waals surface area contributed by atoms with Gasteiger partial charge in [0, 0.05) is 11.4 Å². The molecule has 2 rings (SSSR count). The van der Waals surface area contributed by atoms with E-state index in [2.05, 4.69) is 28.2 Å². The quantitative estimate of drug-likeness (QED) is 0.868. The molecule has 1 N–H and O–H groups in total. The predicted molar refractivity (Wildman–Crippen MR) is 75.1 cm³/mol. The molecule has 0 spiro atoms. The molecule has 4 heteroatoms.